The van der Waals surface area contributed by atoms with Crippen LogP contribution in [-0.2, 0) is 31.9 Å². The highest BCUT2D eigenvalue weighted by Crippen LogP contribution is 2.15. The number of nitrogens with zero attached hydrogens (tertiary/aromatic N) is 5. The quantitative estimate of drug-likeness (QED) is 0.531. The van der Waals surface area contributed by atoms with E-state index >= 15 is 0 Å². The molecular formula is C19H18N6O3S. The fourth-order valence-corrected chi connectivity index (χ4v) is 3.84. The molecule has 0 saturated heterocycles. The number of aromatic nitrogens is 5. The summed E-state index contributed by atoms with van der Waals surface area (Å²) in [5.41, 5.74) is 1.29. The van der Waals surface area contributed by atoms with Gasteiger partial charge in [0.25, 0.3) is 5.56 Å². The Balaban J connectivity index is 1.53. The molecule has 0 fully saturated rings. The molecule has 0 atom stereocenters. The molecule has 0 radical (unpaired) electrons. The van der Waals surface area contributed by atoms with Gasteiger partial charge in [-0.25, -0.2) is 14.8 Å². The van der Waals surface area contributed by atoms with Gasteiger partial charge in [-0.2, -0.15) is 0 Å². The topological polar surface area (TPSA) is 104 Å². The summed E-state index contributed by atoms with van der Waals surface area (Å²) in [5.74, 6) is -0.144. The summed E-state index contributed by atoms with van der Waals surface area (Å²) < 4.78 is 4.06. The van der Waals surface area contributed by atoms with E-state index in [9.17, 15) is 14.4 Å². The van der Waals surface area contributed by atoms with Crippen LogP contribution in [0.25, 0.3) is 11.2 Å². The Morgan fingerprint density at radius 3 is 2.66 bits per heavy atom. The lowest BCUT2D eigenvalue weighted by molar-refractivity contribution is -0.115. The smallest absolute Gasteiger partial charge is 0.326 e. The second-order valence-corrected chi connectivity index (χ2v) is 7.52. The van der Waals surface area contributed by atoms with Crippen LogP contribution in [0.1, 0.15) is 10.7 Å². The van der Waals surface area contributed by atoms with Crippen LogP contribution in [0.3, 0.4) is 0 Å². The molecular weight excluding hydrogens is 392 g/mol. The van der Waals surface area contributed by atoms with Crippen molar-refractivity contribution in [3.8, 4) is 0 Å². The zero-order valence-electron chi connectivity index (χ0n) is 15.8. The normalized spacial score (nSPS) is 11.1. The molecule has 148 valence electrons. The average molecular weight is 410 g/mol. The summed E-state index contributed by atoms with van der Waals surface area (Å²) in [4.78, 5) is 45.5. The first-order valence-electron chi connectivity index (χ1n) is 8.83. The molecule has 1 N–H and O–H groups in total. The zero-order chi connectivity index (χ0) is 20.5. The van der Waals surface area contributed by atoms with Gasteiger partial charge in [-0.3, -0.25) is 18.7 Å². The maximum absolute atomic E-state index is 12.5. The van der Waals surface area contributed by atoms with Gasteiger partial charge in [0.1, 0.15) is 5.01 Å². The van der Waals surface area contributed by atoms with E-state index in [-0.39, 0.29) is 12.3 Å². The zero-order valence-corrected chi connectivity index (χ0v) is 16.6. The summed E-state index contributed by atoms with van der Waals surface area (Å²) in [6.45, 7) is 0.320. The highest BCUT2D eigenvalue weighted by atomic mass is 32.1. The molecule has 0 aliphatic rings. The van der Waals surface area contributed by atoms with Crippen molar-refractivity contribution in [3.63, 3.8) is 0 Å². The van der Waals surface area contributed by atoms with E-state index in [0.717, 1.165) is 10.3 Å². The molecule has 3 aromatic heterocycles. The van der Waals surface area contributed by atoms with Crippen molar-refractivity contribution in [2.45, 2.75) is 13.0 Å². The Bertz CT molecular complexity index is 1320. The number of nitrogens with one attached hydrogen (secondary N) is 1. The van der Waals surface area contributed by atoms with Crippen molar-refractivity contribution in [3.05, 3.63) is 73.6 Å². The van der Waals surface area contributed by atoms with E-state index in [1.165, 1.54) is 29.3 Å². The highest BCUT2D eigenvalue weighted by molar-refractivity contribution is 7.09. The first kappa shape index (κ1) is 18.8. The van der Waals surface area contributed by atoms with E-state index in [4.69, 9.17) is 0 Å². The number of fused-ring (bicyclic) bond motifs is 1. The van der Waals surface area contributed by atoms with Gasteiger partial charge < -0.3 is 9.88 Å². The summed E-state index contributed by atoms with van der Waals surface area (Å²) in [6, 6.07) is 9.24. The van der Waals surface area contributed by atoms with Crippen LogP contribution in [0.5, 0.6) is 0 Å². The number of anilines is 1. The van der Waals surface area contributed by atoms with Gasteiger partial charge in [-0.15, -0.1) is 11.3 Å². The standard InChI is InChI=1S/C19H18N6O3S/c1-23-17-16(18(27)24(2)19(23)28)25(11-20-17)9-13-10-29-15(22-13)8-14(26)21-12-6-4-3-5-7-12/h3-7,10-11H,8-9H2,1-2H3,(H,21,26). The number of benzene rings is 1. The third kappa shape index (κ3) is 3.61. The monoisotopic (exact) mass is 410 g/mol. The third-order valence-electron chi connectivity index (χ3n) is 4.52. The maximum Gasteiger partial charge on any atom is 0.332 e. The number of carbonyl (C=O) groups is 1. The molecule has 4 rings (SSSR count). The minimum absolute atomic E-state index is 0.144. The average Bonchev–Trinajstić information content (AvgIpc) is 3.32. The number of imidazole rings is 1. The molecule has 1 aromatic carbocycles. The van der Waals surface area contributed by atoms with Crippen molar-refractivity contribution < 1.29 is 4.79 Å². The van der Waals surface area contributed by atoms with Crippen molar-refractivity contribution >= 4 is 34.1 Å². The summed E-state index contributed by atoms with van der Waals surface area (Å²) in [5, 5.41) is 5.36. The minimum atomic E-state index is -0.423. The summed E-state index contributed by atoms with van der Waals surface area (Å²) in [7, 11) is 3.02. The molecule has 0 unspecified atom stereocenters. The number of carbonyl (C=O) groups excluding carboxylic acids is 1. The second-order valence-electron chi connectivity index (χ2n) is 6.57. The first-order valence-corrected chi connectivity index (χ1v) is 9.71. The van der Waals surface area contributed by atoms with Crippen molar-refractivity contribution in [2.24, 2.45) is 14.1 Å². The van der Waals surface area contributed by atoms with Crippen molar-refractivity contribution in [1.29, 1.82) is 0 Å². The number of thiazole rings is 1. The SMILES string of the molecule is Cn1c(=O)c2c(ncn2Cc2csc(CC(=O)Nc3ccccc3)n2)n(C)c1=O. The van der Waals surface area contributed by atoms with Crippen LogP contribution >= 0.6 is 11.3 Å². The molecule has 9 nitrogen and oxygen atoms in total. The fourth-order valence-electron chi connectivity index (χ4n) is 3.06. The molecule has 0 bridgehead atoms. The molecule has 0 spiro atoms. The lowest BCUT2D eigenvalue weighted by Crippen LogP contribution is -2.37. The van der Waals surface area contributed by atoms with Crippen LogP contribution in [-0.4, -0.2) is 29.6 Å². The number of rotatable bonds is 5. The van der Waals surface area contributed by atoms with Gasteiger partial charge >= 0.3 is 5.69 Å². The minimum Gasteiger partial charge on any atom is -0.326 e. The second kappa shape index (κ2) is 7.47. The first-order chi connectivity index (χ1) is 13.9. The Kier molecular flexibility index (Phi) is 4.85. The maximum atomic E-state index is 12.5. The Morgan fingerprint density at radius 2 is 1.90 bits per heavy atom. The molecule has 0 aliphatic carbocycles. The van der Waals surface area contributed by atoms with Crippen LogP contribution < -0.4 is 16.6 Å². The van der Waals surface area contributed by atoms with Gasteiger partial charge in [-0.05, 0) is 12.1 Å². The predicted octanol–water partition coefficient (Wildman–Crippen LogP) is 1.12. The highest BCUT2D eigenvalue weighted by Gasteiger charge is 2.15. The molecule has 10 heteroatoms. The van der Waals surface area contributed by atoms with E-state index in [2.05, 4.69) is 15.3 Å². The van der Waals surface area contributed by atoms with Crippen LogP contribution in [0.15, 0.2) is 51.6 Å². The Labute approximate surface area is 168 Å². The van der Waals surface area contributed by atoms with E-state index < -0.39 is 11.2 Å². The number of hydrogen-bond acceptors (Lipinski definition) is 6. The van der Waals surface area contributed by atoms with Gasteiger partial charge in [0, 0.05) is 25.2 Å². The van der Waals surface area contributed by atoms with Crippen molar-refractivity contribution in [1.82, 2.24) is 23.7 Å². The Morgan fingerprint density at radius 1 is 1.14 bits per heavy atom. The van der Waals surface area contributed by atoms with Gasteiger partial charge in [0.15, 0.2) is 11.2 Å². The molecule has 29 heavy (non-hydrogen) atoms. The number of para-hydroxylation sites is 1. The summed E-state index contributed by atoms with van der Waals surface area (Å²) in [6.07, 6.45) is 1.69. The predicted molar refractivity (Wildman–Crippen MR) is 110 cm³/mol. The molecule has 4 aromatic rings. The largest absolute Gasteiger partial charge is 0.332 e. The molecule has 3 heterocycles. The van der Waals surface area contributed by atoms with E-state index in [1.807, 2.05) is 35.7 Å². The number of hydrogen-bond donors (Lipinski definition) is 1. The molecule has 1 amide bonds. The number of amides is 1. The van der Waals surface area contributed by atoms with E-state index in [1.54, 1.807) is 11.6 Å². The van der Waals surface area contributed by atoms with Gasteiger partial charge in [-0.1, -0.05) is 18.2 Å². The van der Waals surface area contributed by atoms with Gasteiger partial charge in [0.2, 0.25) is 5.91 Å². The van der Waals surface area contributed by atoms with Crippen LogP contribution in [0.2, 0.25) is 0 Å². The van der Waals surface area contributed by atoms with Crippen LogP contribution in [0.4, 0.5) is 5.69 Å². The lowest BCUT2D eigenvalue weighted by atomic mass is 10.3. The number of aryl methyl sites for hydroxylation is 1. The molecule has 0 saturated carbocycles. The Hall–Kier alpha value is -3.53. The fraction of sp³-hybridized carbons (Fsp3) is 0.211. The van der Waals surface area contributed by atoms with Crippen molar-refractivity contribution in [2.75, 3.05) is 5.32 Å². The van der Waals surface area contributed by atoms with E-state index in [0.29, 0.717) is 28.4 Å². The third-order valence-corrected chi connectivity index (χ3v) is 5.42. The van der Waals surface area contributed by atoms with Crippen LogP contribution in [0, 0.1) is 0 Å². The molecule has 0 aliphatic heterocycles. The lowest BCUT2D eigenvalue weighted by Gasteiger charge is -2.05. The van der Waals surface area contributed by atoms with Gasteiger partial charge in [0.05, 0.1) is 25.0 Å². The summed E-state index contributed by atoms with van der Waals surface area (Å²) >= 11 is 1.38.